The average Bonchev–Trinajstić information content (AvgIpc) is 2.62. The fourth-order valence-corrected chi connectivity index (χ4v) is 0.893. The molecule has 6 heteroatoms. The van der Waals surface area contributed by atoms with Gasteiger partial charge in [-0.05, 0) is 6.07 Å². The second-order valence-electron chi connectivity index (χ2n) is 2.41. The number of nitrogens with one attached hydrogen (secondary N) is 1. The summed E-state index contributed by atoms with van der Waals surface area (Å²) in [5, 5.41) is 11.0. The minimum Gasteiger partial charge on any atom is -0.478 e. The minimum atomic E-state index is -1.10. The van der Waals surface area contributed by atoms with E-state index in [1.165, 1.54) is 19.4 Å². The van der Waals surface area contributed by atoms with Gasteiger partial charge in [0.1, 0.15) is 11.3 Å². The Kier molecular flexibility index (Phi) is 3.11. The molecule has 0 unspecified atom stereocenters. The van der Waals surface area contributed by atoms with Crippen molar-refractivity contribution in [2.45, 2.75) is 6.54 Å². The van der Waals surface area contributed by atoms with Crippen molar-refractivity contribution in [3.63, 3.8) is 0 Å². The van der Waals surface area contributed by atoms with Crippen molar-refractivity contribution in [2.24, 2.45) is 0 Å². The van der Waals surface area contributed by atoms with E-state index in [2.05, 4.69) is 10.1 Å². The number of alkyl carbamates (subject to hydrolysis) is 1. The fourth-order valence-electron chi connectivity index (χ4n) is 0.893. The molecule has 0 saturated carbocycles. The SMILES string of the molecule is COC(=O)NCc1occc1C(=O)O. The predicted molar refractivity (Wildman–Crippen MR) is 44.9 cm³/mol. The number of carboxylic acids is 1. The lowest BCUT2D eigenvalue weighted by Crippen LogP contribution is -2.22. The Bertz CT molecular complexity index is 343. The van der Waals surface area contributed by atoms with Crippen LogP contribution in [0.15, 0.2) is 16.7 Å². The van der Waals surface area contributed by atoms with E-state index in [1.54, 1.807) is 0 Å². The van der Waals surface area contributed by atoms with Crippen molar-refractivity contribution < 1.29 is 23.8 Å². The summed E-state index contributed by atoms with van der Waals surface area (Å²) in [6.45, 7) is -0.0126. The number of carbonyl (C=O) groups is 2. The van der Waals surface area contributed by atoms with Gasteiger partial charge in [0.2, 0.25) is 0 Å². The first kappa shape index (κ1) is 10.1. The molecule has 1 rings (SSSR count). The van der Waals surface area contributed by atoms with Crippen LogP contribution >= 0.6 is 0 Å². The molecule has 0 bridgehead atoms. The molecule has 0 aromatic carbocycles. The Morgan fingerprint density at radius 3 is 2.93 bits per heavy atom. The molecule has 0 aliphatic carbocycles. The molecule has 14 heavy (non-hydrogen) atoms. The van der Waals surface area contributed by atoms with Crippen LogP contribution in [0.3, 0.4) is 0 Å². The van der Waals surface area contributed by atoms with Crippen LogP contribution in [0, 0.1) is 0 Å². The number of aromatic carboxylic acids is 1. The summed E-state index contributed by atoms with van der Waals surface area (Å²) >= 11 is 0. The summed E-state index contributed by atoms with van der Waals surface area (Å²) in [6.07, 6.45) is 0.607. The van der Waals surface area contributed by atoms with Crippen LogP contribution in [0.25, 0.3) is 0 Å². The maximum atomic E-state index is 10.7. The van der Waals surface area contributed by atoms with Crippen molar-refractivity contribution in [1.82, 2.24) is 5.32 Å². The van der Waals surface area contributed by atoms with Crippen LogP contribution < -0.4 is 5.32 Å². The van der Waals surface area contributed by atoms with Crippen LogP contribution in [-0.4, -0.2) is 24.3 Å². The first-order valence-electron chi connectivity index (χ1n) is 3.76. The number of methoxy groups -OCH3 is 1. The van der Waals surface area contributed by atoms with Gasteiger partial charge in [-0.2, -0.15) is 0 Å². The Hall–Kier alpha value is -1.98. The summed E-state index contributed by atoms with van der Waals surface area (Å²) in [5.74, 6) is -0.914. The molecule has 1 aromatic heterocycles. The predicted octanol–water partition coefficient (Wildman–Crippen LogP) is 0.834. The molecule has 0 spiro atoms. The highest BCUT2D eigenvalue weighted by Gasteiger charge is 2.13. The lowest BCUT2D eigenvalue weighted by atomic mass is 10.2. The quantitative estimate of drug-likeness (QED) is 0.752. The van der Waals surface area contributed by atoms with Gasteiger partial charge in [-0.3, -0.25) is 0 Å². The molecule has 1 heterocycles. The highest BCUT2D eigenvalue weighted by Crippen LogP contribution is 2.09. The van der Waals surface area contributed by atoms with Crippen LogP contribution in [0.2, 0.25) is 0 Å². The number of carboxylic acid groups (broad SMARTS) is 1. The topological polar surface area (TPSA) is 88.8 Å². The van der Waals surface area contributed by atoms with Gasteiger partial charge in [-0.1, -0.05) is 0 Å². The van der Waals surface area contributed by atoms with E-state index in [-0.39, 0.29) is 17.9 Å². The molecular weight excluding hydrogens is 190 g/mol. The maximum absolute atomic E-state index is 10.7. The molecule has 0 saturated heterocycles. The van der Waals surface area contributed by atoms with E-state index >= 15 is 0 Å². The molecular formula is C8H9NO5. The minimum absolute atomic E-state index is 0.0126. The molecule has 0 aliphatic rings. The molecule has 0 aliphatic heterocycles. The second-order valence-corrected chi connectivity index (χ2v) is 2.41. The highest BCUT2D eigenvalue weighted by molar-refractivity contribution is 5.88. The van der Waals surface area contributed by atoms with Gasteiger partial charge in [-0.25, -0.2) is 9.59 Å². The Morgan fingerprint density at radius 2 is 2.36 bits per heavy atom. The summed E-state index contributed by atoms with van der Waals surface area (Å²) in [7, 11) is 1.22. The number of furan rings is 1. The summed E-state index contributed by atoms with van der Waals surface area (Å²) in [6, 6.07) is 1.32. The zero-order chi connectivity index (χ0) is 10.6. The van der Waals surface area contributed by atoms with Gasteiger partial charge in [-0.15, -0.1) is 0 Å². The van der Waals surface area contributed by atoms with Gasteiger partial charge < -0.3 is 19.6 Å². The number of amides is 1. The van der Waals surface area contributed by atoms with E-state index in [0.717, 1.165) is 0 Å². The summed E-state index contributed by atoms with van der Waals surface area (Å²) in [4.78, 5) is 21.3. The Morgan fingerprint density at radius 1 is 1.64 bits per heavy atom. The van der Waals surface area contributed by atoms with Gasteiger partial charge in [0.05, 0.1) is 19.9 Å². The first-order valence-corrected chi connectivity index (χ1v) is 3.76. The average molecular weight is 199 g/mol. The molecule has 6 nitrogen and oxygen atoms in total. The van der Waals surface area contributed by atoms with Crippen molar-refractivity contribution in [3.8, 4) is 0 Å². The van der Waals surface area contributed by atoms with Crippen LogP contribution in [0.5, 0.6) is 0 Å². The van der Waals surface area contributed by atoms with Gasteiger partial charge in [0, 0.05) is 0 Å². The Labute approximate surface area is 79.5 Å². The molecule has 0 atom stereocenters. The number of rotatable bonds is 3. The second kappa shape index (κ2) is 4.31. The summed E-state index contributed by atoms with van der Waals surface area (Å²) in [5.41, 5.74) is 0.0291. The monoisotopic (exact) mass is 199 g/mol. The number of carbonyl (C=O) groups excluding carboxylic acids is 1. The molecule has 2 N–H and O–H groups in total. The van der Waals surface area contributed by atoms with Crippen molar-refractivity contribution in [2.75, 3.05) is 7.11 Å². The maximum Gasteiger partial charge on any atom is 0.407 e. The van der Waals surface area contributed by atoms with E-state index in [0.29, 0.717) is 0 Å². The van der Waals surface area contributed by atoms with Gasteiger partial charge >= 0.3 is 12.1 Å². The normalized spacial score (nSPS) is 9.50. The molecule has 0 fully saturated rings. The van der Waals surface area contributed by atoms with E-state index in [1.807, 2.05) is 0 Å². The number of hydrogen-bond donors (Lipinski definition) is 2. The van der Waals surface area contributed by atoms with Crippen LogP contribution in [-0.2, 0) is 11.3 Å². The van der Waals surface area contributed by atoms with Crippen LogP contribution in [0.4, 0.5) is 4.79 Å². The third-order valence-corrected chi connectivity index (χ3v) is 1.55. The van der Waals surface area contributed by atoms with E-state index in [4.69, 9.17) is 9.52 Å². The lowest BCUT2D eigenvalue weighted by molar-refractivity contribution is 0.0693. The van der Waals surface area contributed by atoms with Crippen LogP contribution in [0.1, 0.15) is 16.1 Å². The zero-order valence-electron chi connectivity index (χ0n) is 7.44. The molecule has 1 aromatic rings. The summed E-state index contributed by atoms with van der Waals surface area (Å²) < 4.78 is 9.18. The molecule has 0 radical (unpaired) electrons. The lowest BCUT2D eigenvalue weighted by Gasteiger charge is -2.01. The van der Waals surface area contributed by atoms with E-state index < -0.39 is 12.1 Å². The third-order valence-electron chi connectivity index (χ3n) is 1.55. The molecule has 1 amide bonds. The molecule has 76 valence electrons. The van der Waals surface area contributed by atoms with Crippen molar-refractivity contribution in [1.29, 1.82) is 0 Å². The van der Waals surface area contributed by atoms with Gasteiger partial charge in [0.25, 0.3) is 0 Å². The number of hydrogen-bond acceptors (Lipinski definition) is 4. The highest BCUT2D eigenvalue weighted by atomic mass is 16.5. The fraction of sp³-hybridized carbons (Fsp3) is 0.250. The zero-order valence-corrected chi connectivity index (χ0v) is 7.44. The Balaban J connectivity index is 2.63. The largest absolute Gasteiger partial charge is 0.478 e. The third kappa shape index (κ3) is 2.25. The smallest absolute Gasteiger partial charge is 0.407 e. The van der Waals surface area contributed by atoms with Crippen molar-refractivity contribution >= 4 is 12.1 Å². The van der Waals surface area contributed by atoms with Gasteiger partial charge in [0.15, 0.2) is 0 Å². The van der Waals surface area contributed by atoms with E-state index in [9.17, 15) is 9.59 Å². The standard InChI is InChI=1S/C8H9NO5/c1-13-8(12)9-4-6-5(7(10)11)2-3-14-6/h2-3H,4H2,1H3,(H,9,12)(H,10,11). The number of ether oxygens (including phenoxy) is 1. The first-order chi connectivity index (χ1) is 6.65. The van der Waals surface area contributed by atoms with Crippen molar-refractivity contribution in [3.05, 3.63) is 23.7 Å².